The van der Waals surface area contributed by atoms with Crippen molar-refractivity contribution in [2.45, 2.75) is 19.4 Å². The van der Waals surface area contributed by atoms with Crippen LogP contribution in [0.2, 0.25) is 0 Å². The Labute approximate surface area is 212 Å². The van der Waals surface area contributed by atoms with Gasteiger partial charge in [0.25, 0.3) is 0 Å². The van der Waals surface area contributed by atoms with E-state index in [1.165, 1.54) is 12.1 Å². The minimum Gasteiger partial charge on any atom is -0.381 e. The second-order valence-corrected chi connectivity index (χ2v) is 9.30. The normalized spacial score (nSPS) is 15.8. The third-order valence-electron chi connectivity index (χ3n) is 6.77. The van der Waals surface area contributed by atoms with Gasteiger partial charge in [0.1, 0.15) is 23.3 Å². The van der Waals surface area contributed by atoms with Gasteiger partial charge < -0.3 is 19.4 Å². The zero-order valence-corrected chi connectivity index (χ0v) is 20.4. The Morgan fingerprint density at radius 1 is 0.946 bits per heavy atom. The second-order valence-electron chi connectivity index (χ2n) is 9.30. The number of hydrogen-bond acceptors (Lipinski definition) is 9. The summed E-state index contributed by atoms with van der Waals surface area (Å²) in [6.45, 7) is 6.41. The smallest absolute Gasteiger partial charge is 0.225 e. The lowest BCUT2D eigenvalue weighted by Crippen LogP contribution is -2.47. The number of nitrogens with zero attached hydrogens (tertiary/aromatic N) is 8. The van der Waals surface area contributed by atoms with E-state index in [1.807, 2.05) is 25.3 Å². The van der Waals surface area contributed by atoms with E-state index < -0.39 is 5.60 Å². The topological polar surface area (TPSA) is 109 Å². The van der Waals surface area contributed by atoms with Crippen LogP contribution in [0.4, 0.5) is 16.2 Å². The SMILES string of the molecule is Cc1cc(-c2cc3c(N4CCN(c5ncc([C@](C)(O)c6ccc(F)cc6)cn5)CC4)ncnn3c2)on1. The number of fused-ring (bicyclic) bond motifs is 1. The number of anilines is 2. The van der Waals surface area contributed by atoms with Crippen LogP contribution < -0.4 is 9.80 Å². The van der Waals surface area contributed by atoms with Crippen molar-refractivity contribution in [1.82, 2.24) is 29.7 Å². The molecule has 1 saturated heterocycles. The minimum atomic E-state index is -1.33. The third-order valence-corrected chi connectivity index (χ3v) is 6.77. The number of aliphatic hydroxyl groups is 1. The molecule has 0 spiro atoms. The van der Waals surface area contributed by atoms with Gasteiger partial charge in [0.05, 0.1) is 5.69 Å². The average Bonchev–Trinajstić information content (AvgIpc) is 3.55. The maximum atomic E-state index is 13.3. The van der Waals surface area contributed by atoms with Gasteiger partial charge in [-0.3, -0.25) is 0 Å². The van der Waals surface area contributed by atoms with Gasteiger partial charge in [0, 0.05) is 62.0 Å². The van der Waals surface area contributed by atoms with Crippen LogP contribution in [0.1, 0.15) is 23.7 Å². The molecular weight excluding hydrogens is 475 g/mol. The number of benzene rings is 1. The molecule has 1 aliphatic heterocycles. The fraction of sp³-hybridized carbons (Fsp3) is 0.269. The van der Waals surface area contributed by atoms with Crippen molar-refractivity contribution in [2.24, 2.45) is 0 Å². The number of piperazine rings is 1. The van der Waals surface area contributed by atoms with Crippen molar-refractivity contribution in [3.8, 4) is 11.3 Å². The molecule has 0 saturated carbocycles. The molecule has 5 heterocycles. The number of aryl methyl sites for hydroxylation is 1. The van der Waals surface area contributed by atoms with Gasteiger partial charge in [-0.25, -0.2) is 23.9 Å². The molecule has 5 aromatic rings. The highest BCUT2D eigenvalue weighted by molar-refractivity contribution is 5.76. The summed E-state index contributed by atoms with van der Waals surface area (Å²) in [5, 5.41) is 19.4. The molecule has 1 N–H and O–H groups in total. The molecule has 0 unspecified atom stereocenters. The Morgan fingerprint density at radius 2 is 1.65 bits per heavy atom. The van der Waals surface area contributed by atoms with Gasteiger partial charge in [0.15, 0.2) is 11.6 Å². The summed E-state index contributed by atoms with van der Waals surface area (Å²) in [7, 11) is 0. The molecule has 1 atom stereocenters. The molecule has 10 nitrogen and oxygen atoms in total. The van der Waals surface area contributed by atoms with Crippen LogP contribution in [0.15, 0.2) is 65.8 Å². The van der Waals surface area contributed by atoms with Gasteiger partial charge in [-0.05, 0) is 37.6 Å². The number of rotatable bonds is 5. The van der Waals surface area contributed by atoms with Crippen LogP contribution in [0.5, 0.6) is 0 Å². The van der Waals surface area contributed by atoms with E-state index >= 15 is 0 Å². The predicted octanol–water partition coefficient (Wildman–Crippen LogP) is 3.20. The summed E-state index contributed by atoms with van der Waals surface area (Å²) in [6.07, 6.45) is 6.71. The number of halogens is 1. The van der Waals surface area contributed by atoms with Crippen molar-refractivity contribution >= 4 is 17.3 Å². The molecule has 0 amide bonds. The molecular formula is C26H25FN8O2. The Morgan fingerprint density at radius 3 is 2.32 bits per heavy atom. The molecule has 37 heavy (non-hydrogen) atoms. The molecule has 1 fully saturated rings. The van der Waals surface area contributed by atoms with Crippen LogP contribution in [0, 0.1) is 12.7 Å². The average molecular weight is 501 g/mol. The van der Waals surface area contributed by atoms with Crippen molar-refractivity contribution in [3.63, 3.8) is 0 Å². The molecule has 0 radical (unpaired) electrons. The zero-order chi connectivity index (χ0) is 25.6. The van der Waals surface area contributed by atoms with E-state index in [0.717, 1.165) is 35.7 Å². The highest BCUT2D eigenvalue weighted by atomic mass is 19.1. The monoisotopic (exact) mass is 500 g/mol. The molecule has 0 aliphatic carbocycles. The standard InChI is InChI=1S/C26H25FN8O2/c1-17-11-23(37-32-17)18-12-22-24(30-16-31-35(22)15-18)33-7-9-34(10-8-33)25-28-13-20(14-29-25)26(2,36)19-3-5-21(27)6-4-19/h3-6,11-16,36H,7-10H2,1-2H3/t26-/m1/s1. The quantitative estimate of drug-likeness (QED) is 0.389. The van der Waals surface area contributed by atoms with E-state index in [-0.39, 0.29) is 5.82 Å². The number of aromatic nitrogens is 6. The Kier molecular flexibility index (Phi) is 5.56. The highest BCUT2D eigenvalue weighted by Crippen LogP contribution is 2.30. The first-order valence-electron chi connectivity index (χ1n) is 12.0. The van der Waals surface area contributed by atoms with Gasteiger partial charge in [-0.15, -0.1) is 0 Å². The lowest BCUT2D eigenvalue weighted by molar-refractivity contribution is 0.101. The first-order chi connectivity index (χ1) is 17.9. The fourth-order valence-electron chi connectivity index (χ4n) is 4.59. The van der Waals surface area contributed by atoms with Gasteiger partial charge in [0.2, 0.25) is 5.95 Å². The summed E-state index contributed by atoms with van der Waals surface area (Å²) in [4.78, 5) is 17.9. The van der Waals surface area contributed by atoms with E-state index in [4.69, 9.17) is 4.52 Å². The first-order valence-corrected chi connectivity index (χ1v) is 12.0. The second kappa shape index (κ2) is 8.93. The summed E-state index contributed by atoms with van der Waals surface area (Å²) < 4.78 is 20.5. The molecule has 4 aromatic heterocycles. The molecule has 11 heteroatoms. The van der Waals surface area contributed by atoms with Crippen LogP contribution in [-0.2, 0) is 5.60 Å². The molecule has 1 aromatic carbocycles. The lowest BCUT2D eigenvalue weighted by Gasteiger charge is -2.35. The van der Waals surface area contributed by atoms with Crippen LogP contribution in [0.25, 0.3) is 16.8 Å². The van der Waals surface area contributed by atoms with Crippen molar-refractivity contribution < 1.29 is 14.0 Å². The molecule has 0 bridgehead atoms. The zero-order valence-electron chi connectivity index (χ0n) is 20.4. The lowest BCUT2D eigenvalue weighted by atomic mass is 9.90. The summed E-state index contributed by atoms with van der Waals surface area (Å²) in [5.74, 6) is 1.79. The molecule has 188 valence electrons. The Bertz CT molecular complexity index is 1540. The molecule has 1 aliphatic rings. The Hall–Kier alpha value is -4.38. The predicted molar refractivity (Wildman–Crippen MR) is 135 cm³/mol. The van der Waals surface area contributed by atoms with Crippen molar-refractivity contribution in [2.75, 3.05) is 36.0 Å². The Balaban J connectivity index is 1.17. The fourth-order valence-corrected chi connectivity index (χ4v) is 4.59. The van der Waals surface area contributed by atoms with E-state index in [9.17, 15) is 9.50 Å². The van der Waals surface area contributed by atoms with E-state index in [0.29, 0.717) is 35.9 Å². The summed E-state index contributed by atoms with van der Waals surface area (Å²) in [5.41, 5.74) is 2.39. The number of hydrogen-bond donors (Lipinski definition) is 1. The van der Waals surface area contributed by atoms with Crippen LogP contribution in [-0.4, -0.2) is 61.0 Å². The largest absolute Gasteiger partial charge is 0.381 e. The van der Waals surface area contributed by atoms with Crippen molar-refractivity contribution in [3.05, 3.63) is 84.0 Å². The maximum absolute atomic E-state index is 13.3. The van der Waals surface area contributed by atoms with Gasteiger partial charge in [-0.2, -0.15) is 5.10 Å². The minimum absolute atomic E-state index is 0.352. The summed E-state index contributed by atoms with van der Waals surface area (Å²) in [6, 6.07) is 9.68. The maximum Gasteiger partial charge on any atom is 0.225 e. The van der Waals surface area contributed by atoms with Gasteiger partial charge >= 0.3 is 0 Å². The third kappa shape index (κ3) is 4.27. The van der Waals surface area contributed by atoms with E-state index in [2.05, 4.69) is 35.0 Å². The molecule has 6 rings (SSSR count). The van der Waals surface area contributed by atoms with Gasteiger partial charge in [-0.1, -0.05) is 17.3 Å². The van der Waals surface area contributed by atoms with Crippen molar-refractivity contribution in [1.29, 1.82) is 0 Å². The highest BCUT2D eigenvalue weighted by Gasteiger charge is 2.28. The first kappa shape index (κ1) is 23.0. The van der Waals surface area contributed by atoms with Crippen LogP contribution in [0.3, 0.4) is 0 Å². The van der Waals surface area contributed by atoms with E-state index in [1.54, 1.807) is 42.3 Å². The summed E-state index contributed by atoms with van der Waals surface area (Å²) >= 11 is 0. The van der Waals surface area contributed by atoms with Crippen LogP contribution >= 0.6 is 0 Å².